The van der Waals surface area contributed by atoms with Gasteiger partial charge in [-0.2, -0.15) is 4.37 Å². The third-order valence-electron chi connectivity index (χ3n) is 2.43. The lowest BCUT2D eigenvalue weighted by molar-refractivity contribution is -0.124. The van der Waals surface area contributed by atoms with Crippen molar-refractivity contribution in [2.75, 3.05) is 11.9 Å². The highest BCUT2D eigenvalue weighted by molar-refractivity contribution is 7.11. The van der Waals surface area contributed by atoms with Gasteiger partial charge in [-0.25, -0.2) is 4.79 Å². The van der Waals surface area contributed by atoms with E-state index < -0.39 is 23.8 Å². The Hall–Kier alpha value is -2.00. The number of nitrogens with zero attached hydrogens (tertiary/aromatic N) is 2. The quantitative estimate of drug-likeness (QED) is 0.655. The molecule has 0 aliphatic heterocycles. The first kappa shape index (κ1) is 15.1. The smallest absolute Gasteiger partial charge is 0.340 e. The molecule has 0 saturated heterocycles. The molecule has 0 radical (unpaired) electrons. The molecule has 1 aromatic rings. The lowest BCUT2D eigenvalue weighted by Gasteiger charge is -2.19. The average molecular weight is 286 g/mol. The van der Waals surface area contributed by atoms with E-state index in [2.05, 4.69) is 4.37 Å². The van der Waals surface area contributed by atoms with E-state index in [1.54, 1.807) is 0 Å². The summed E-state index contributed by atoms with van der Waals surface area (Å²) < 4.78 is 3.90. The maximum atomic E-state index is 11.9. The molecule has 1 rings (SSSR count). The van der Waals surface area contributed by atoms with Gasteiger partial charge in [0.15, 0.2) is 0 Å². The van der Waals surface area contributed by atoms with Crippen molar-refractivity contribution in [3.05, 3.63) is 11.3 Å². The van der Waals surface area contributed by atoms with Crippen LogP contribution in [-0.2, 0) is 9.59 Å². The maximum Gasteiger partial charge on any atom is 0.340 e. The number of aromatic nitrogens is 1. The van der Waals surface area contributed by atoms with Crippen LogP contribution in [0.5, 0.6) is 0 Å². The molecule has 0 bridgehead atoms. The minimum absolute atomic E-state index is 0.0490. The fourth-order valence-corrected chi connectivity index (χ4v) is 2.34. The zero-order chi connectivity index (χ0) is 14.7. The highest BCUT2D eigenvalue weighted by Gasteiger charge is 2.27. The van der Waals surface area contributed by atoms with Gasteiger partial charge in [-0.05, 0) is 18.5 Å². The highest BCUT2D eigenvalue weighted by Crippen LogP contribution is 2.28. The van der Waals surface area contributed by atoms with Crippen LogP contribution in [0.4, 0.5) is 5.00 Å². The van der Waals surface area contributed by atoms with Gasteiger partial charge in [-0.15, -0.1) is 0 Å². The van der Waals surface area contributed by atoms with Gasteiger partial charge >= 0.3 is 5.97 Å². The van der Waals surface area contributed by atoms with E-state index in [4.69, 9.17) is 16.6 Å². The molecule has 0 spiro atoms. The zero-order valence-electron chi connectivity index (χ0n) is 10.4. The number of carbonyl (C=O) groups excluding carboxylic acids is 2. The highest BCUT2D eigenvalue weighted by atomic mass is 32.1. The fourth-order valence-electron chi connectivity index (χ4n) is 1.49. The Morgan fingerprint density at radius 1 is 1.47 bits per heavy atom. The summed E-state index contributed by atoms with van der Waals surface area (Å²) in [6.07, 6.45) is -0.302. The molecule has 0 fully saturated rings. The Morgan fingerprint density at radius 2 is 2.05 bits per heavy atom. The second-order valence-corrected chi connectivity index (χ2v) is 4.68. The second-order valence-electron chi connectivity index (χ2n) is 3.93. The van der Waals surface area contributed by atoms with Crippen LogP contribution in [0.2, 0.25) is 0 Å². The van der Waals surface area contributed by atoms with Gasteiger partial charge in [0.1, 0.15) is 10.6 Å². The summed E-state index contributed by atoms with van der Waals surface area (Å²) in [5.41, 5.74) is 10.8. The first-order valence-corrected chi connectivity index (χ1v) is 6.04. The van der Waals surface area contributed by atoms with Crippen molar-refractivity contribution in [3.8, 4) is 0 Å². The van der Waals surface area contributed by atoms with Crippen LogP contribution in [-0.4, -0.2) is 40.4 Å². The van der Waals surface area contributed by atoms with Crippen molar-refractivity contribution >= 4 is 34.3 Å². The van der Waals surface area contributed by atoms with Gasteiger partial charge in [0.2, 0.25) is 11.8 Å². The Labute approximate surface area is 113 Å². The average Bonchev–Trinajstić information content (AvgIpc) is 2.68. The number of hydrogen-bond acceptors (Lipinski definition) is 6. The number of nitrogens with two attached hydrogens (primary N) is 2. The molecule has 2 amide bonds. The van der Waals surface area contributed by atoms with E-state index in [0.29, 0.717) is 5.69 Å². The van der Waals surface area contributed by atoms with E-state index in [1.165, 1.54) is 14.0 Å². The Morgan fingerprint density at radius 3 is 2.53 bits per heavy atom. The zero-order valence-corrected chi connectivity index (χ0v) is 11.2. The molecule has 1 aromatic heterocycles. The summed E-state index contributed by atoms with van der Waals surface area (Å²) in [5.74, 6) is -2.47. The predicted molar refractivity (Wildman–Crippen MR) is 69.0 cm³/mol. The van der Waals surface area contributed by atoms with Crippen molar-refractivity contribution in [3.63, 3.8) is 0 Å². The second kappa shape index (κ2) is 5.76. The molecule has 0 aliphatic rings. The minimum Gasteiger partial charge on any atom is -0.478 e. The summed E-state index contributed by atoms with van der Waals surface area (Å²) in [7, 11) is 1.38. The molecule has 0 aliphatic carbocycles. The van der Waals surface area contributed by atoms with Gasteiger partial charge in [-0.1, -0.05) is 0 Å². The Kier molecular flexibility index (Phi) is 4.57. The molecule has 5 N–H and O–H groups in total. The third kappa shape index (κ3) is 3.26. The fraction of sp³-hybridized carbons (Fsp3) is 0.400. The number of likely N-dealkylation sites (N-methyl/N-ethyl adjacent to an activating group) is 1. The number of anilines is 1. The van der Waals surface area contributed by atoms with Crippen LogP contribution in [0.1, 0.15) is 22.5 Å². The van der Waals surface area contributed by atoms with E-state index in [1.807, 2.05) is 0 Å². The largest absolute Gasteiger partial charge is 0.478 e. The molecule has 8 nitrogen and oxygen atoms in total. The van der Waals surface area contributed by atoms with Gasteiger partial charge in [-0.3, -0.25) is 9.59 Å². The molecule has 1 atom stereocenters. The molecule has 19 heavy (non-hydrogen) atoms. The summed E-state index contributed by atoms with van der Waals surface area (Å²) in [6.45, 7) is 1.53. The number of rotatable bonds is 5. The molecule has 1 heterocycles. The van der Waals surface area contributed by atoms with Crippen LogP contribution in [0.25, 0.3) is 0 Å². The number of amides is 2. The van der Waals surface area contributed by atoms with E-state index in [9.17, 15) is 14.4 Å². The monoisotopic (exact) mass is 286 g/mol. The van der Waals surface area contributed by atoms with Crippen molar-refractivity contribution in [1.29, 1.82) is 0 Å². The molecule has 104 valence electrons. The predicted octanol–water partition coefficient (Wildman–Crippen LogP) is -0.685. The first-order chi connectivity index (χ1) is 8.75. The van der Waals surface area contributed by atoms with E-state index >= 15 is 0 Å². The van der Waals surface area contributed by atoms with Crippen molar-refractivity contribution in [2.24, 2.45) is 11.5 Å². The SMILES string of the molecule is Cc1nsc(N(C)C(=O)C(N)CC(N)=O)c1C(=O)O. The number of aromatic carboxylic acids is 1. The summed E-state index contributed by atoms with van der Waals surface area (Å²) >= 11 is 0.880. The molecule has 9 heteroatoms. The molecule has 1 unspecified atom stereocenters. The van der Waals surface area contributed by atoms with Crippen LogP contribution >= 0.6 is 11.5 Å². The first-order valence-electron chi connectivity index (χ1n) is 5.26. The number of aryl methyl sites for hydroxylation is 1. The normalized spacial score (nSPS) is 11.9. The van der Waals surface area contributed by atoms with Crippen molar-refractivity contribution < 1.29 is 19.5 Å². The summed E-state index contributed by atoms with van der Waals surface area (Å²) in [6, 6.07) is -1.11. The molecule has 0 saturated carbocycles. The van der Waals surface area contributed by atoms with Gasteiger partial charge in [0.25, 0.3) is 0 Å². The lowest BCUT2D eigenvalue weighted by atomic mass is 10.2. The molecular formula is C10H14N4O4S. The van der Waals surface area contributed by atoms with Crippen LogP contribution < -0.4 is 16.4 Å². The number of hydrogen-bond donors (Lipinski definition) is 3. The van der Waals surface area contributed by atoms with Gasteiger partial charge < -0.3 is 21.5 Å². The van der Waals surface area contributed by atoms with Gasteiger partial charge in [0, 0.05) is 7.05 Å². The van der Waals surface area contributed by atoms with Crippen LogP contribution in [0.15, 0.2) is 0 Å². The number of primary amides is 1. The maximum absolute atomic E-state index is 11.9. The van der Waals surface area contributed by atoms with Crippen LogP contribution in [0, 0.1) is 6.92 Å². The van der Waals surface area contributed by atoms with Crippen LogP contribution in [0.3, 0.4) is 0 Å². The lowest BCUT2D eigenvalue weighted by Crippen LogP contribution is -2.44. The van der Waals surface area contributed by atoms with Gasteiger partial charge in [0.05, 0.1) is 18.2 Å². The summed E-state index contributed by atoms with van der Waals surface area (Å²) in [4.78, 5) is 34.8. The molecular weight excluding hydrogens is 272 g/mol. The number of carbonyl (C=O) groups is 3. The number of carboxylic acid groups (broad SMARTS) is 1. The summed E-state index contributed by atoms with van der Waals surface area (Å²) in [5, 5.41) is 9.25. The minimum atomic E-state index is -1.18. The van der Waals surface area contributed by atoms with E-state index in [-0.39, 0.29) is 17.0 Å². The standard InChI is InChI=1S/C10H14N4O4S/c1-4-7(10(17)18)9(19-13-4)14(2)8(16)5(11)3-6(12)15/h5H,3,11H2,1-2H3,(H2,12,15)(H,17,18). The van der Waals surface area contributed by atoms with E-state index in [0.717, 1.165) is 16.4 Å². The number of carboxylic acids is 1. The Balaban J connectivity index is 3.00. The topological polar surface area (TPSA) is 140 Å². The van der Waals surface area contributed by atoms with Crippen molar-refractivity contribution in [2.45, 2.75) is 19.4 Å². The van der Waals surface area contributed by atoms with Crippen molar-refractivity contribution in [1.82, 2.24) is 4.37 Å². The Bertz CT molecular complexity index is 528. The molecule has 0 aromatic carbocycles. The third-order valence-corrected chi connectivity index (χ3v) is 3.45.